The molecule has 7 nitrogen and oxygen atoms in total. The molecule has 0 bridgehead atoms. The van der Waals surface area contributed by atoms with E-state index in [4.69, 9.17) is 4.74 Å². The first-order chi connectivity index (χ1) is 12.2. The number of amides is 2. The molecule has 0 saturated carbocycles. The molecular weight excluding hydrogens is 320 g/mol. The van der Waals surface area contributed by atoms with Gasteiger partial charge in [-0.3, -0.25) is 19.5 Å². The summed E-state index contributed by atoms with van der Waals surface area (Å²) in [5, 5.41) is 5.54. The van der Waals surface area contributed by atoms with Crippen LogP contribution in [0.2, 0.25) is 0 Å². The zero-order valence-corrected chi connectivity index (χ0v) is 13.5. The predicted molar refractivity (Wildman–Crippen MR) is 93.6 cm³/mol. The zero-order chi connectivity index (χ0) is 17.4. The molecule has 2 N–H and O–H groups in total. The van der Waals surface area contributed by atoms with Crippen LogP contribution in [0.4, 0.5) is 11.6 Å². The molecule has 1 aromatic heterocycles. The van der Waals surface area contributed by atoms with E-state index < -0.39 is 6.04 Å². The Morgan fingerprint density at radius 3 is 2.96 bits per heavy atom. The molecular formula is C18H16N4O3. The second-order valence-electron chi connectivity index (χ2n) is 5.78. The number of carbonyl (C=O) groups excluding carboxylic acids is 2. The molecule has 25 heavy (non-hydrogen) atoms. The summed E-state index contributed by atoms with van der Waals surface area (Å²) >= 11 is 0. The number of ether oxygens (including phenoxy) is 1. The highest BCUT2D eigenvalue weighted by Crippen LogP contribution is 2.32. The summed E-state index contributed by atoms with van der Waals surface area (Å²) in [6, 6.07) is 14.0. The van der Waals surface area contributed by atoms with E-state index in [0.29, 0.717) is 17.4 Å². The fourth-order valence-corrected chi connectivity index (χ4v) is 3.03. The number of nitrogens with one attached hydrogen (secondary N) is 2. The normalized spacial score (nSPS) is 15.7. The summed E-state index contributed by atoms with van der Waals surface area (Å²) < 4.78 is 6.92. The largest absolute Gasteiger partial charge is 0.497 e. The summed E-state index contributed by atoms with van der Waals surface area (Å²) in [6.45, 7) is 0. The lowest BCUT2D eigenvalue weighted by atomic mass is 10.1. The van der Waals surface area contributed by atoms with Crippen LogP contribution >= 0.6 is 0 Å². The first-order valence-electron chi connectivity index (χ1n) is 7.87. The van der Waals surface area contributed by atoms with Gasteiger partial charge in [0.25, 0.3) is 0 Å². The van der Waals surface area contributed by atoms with E-state index in [9.17, 15) is 9.59 Å². The van der Waals surface area contributed by atoms with Crippen molar-refractivity contribution >= 4 is 34.5 Å². The van der Waals surface area contributed by atoms with Crippen LogP contribution in [-0.4, -0.2) is 28.5 Å². The average Bonchev–Trinajstić information content (AvgIpc) is 3.11. The number of nitrogens with zero attached hydrogens (tertiary/aromatic N) is 2. The van der Waals surface area contributed by atoms with Gasteiger partial charge >= 0.3 is 0 Å². The number of benzene rings is 2. The van der Waals surface area contributed by atoms with Crippen LogP contribution in [-0.2, 0) is 9.59 Å². The topological polar surface area (TPSA) is 85.2 Å². The number of fused-ring (bicyclic) bond motifs is 3. The molecule has 1 aliphatic rings. The minimum absolute atomic E-state index is 0.0242. The maximum Gasteiger partial charge on any atom is 0.250 e. The van der Waals surface area contributed by atoms with Crippen molar-refractivity contribution in [1.82, 2.24) is 9.55 Å². The number of hydrogen-bond donors (Lipinski definition) is 2. The summed E-state index contributed by atoms with van der Waals surface area (Å²) in [5.74, 6) is 0.651. The minimum atomic E-state index is -0.618. The van der Waals surface area contributed by atoms with E-state index in [1.165, 1.54) is 0 Å². The molecule has 3 aromatic rings. The van der Waals surface area contributed by atoms with Gasteiger partial charge in [-0.25, -0.2) is 4.98 Å². The van der Waals surface area contributed by atoms with Crippen molar-refractivity contribution in [1.29, 1.82) is 0 Å². The third-order valence-corrected chi connectivity index (χ3v) is 4.18. The SMILES string of the molecule is COc1cccc(NC(=O)C[C@@H]2C(=O)Nc3nc4ccccc4n32)c1. The molecule has 2 heterocycles. The number of anilines is 2. The van der Waals surface area contributed by atoms with Crippen LogP contribution in [0.1, 0.15) is 12.5 Å². The van der Waals surface area contributed by atoms with E-state index in [1.54, 1.807) is 35.9 Å². The molecule has 0 fully saturated rings. The van der Waals surface area contributed by atoms with Crippen LogP contribution in [0, 0.1) is 0 Å². The average molecular weight is 336 g/mol. The molecule has 0 unspecified atom stereocenters. The van der Waals surface area contributed by atoms with Gasteiger partial charge in [0.1, 0.15) is 11.8 Å². The number of rotatable bonds is 4. The number of carbonyl (C=O) groups is 2. The van der Waals surface area contributed by atoms with Gasteiger partial charge in [-0.2, -0.15) is 0 Å². The molecule has 0 spiro atoms. The molecule has 0 radical (unpaired) electrons. The lowest BCUT2D eigenvalue weighted by Crippen LogP contribution is -2.23. The third-order valence-electron chi connectivity index (χ3n) is 4.18. The molecule has 2 aromatic carbocycles. The van der Waals surface area contributed by atoms with E-state index in [2.05, 4.69) is 15.6 Å². The number of imidazole rings is 1. The molecule has 126 valence electrons. The van der Waals surface area contributed by atoms with Gasteiger partial charge in [0.05, 0.1) is 24.6 Å². The van der Waals surface area contributed by atoms with Crippen LogP contribution in [0.5, 0.6) is 5.75 Å². The number of para-hydroxylation sites is 2. The van der Waals surface area contributed by atoms with Crippen molar-refractivity contribution in [2.24, 2.45) is 0 Å². The Bertz CT molecular complexity index is 979. The highest BCUT2D eigenvalue weighted by Gasteiger charge is 2.34. The Morgan fingerprint density at radius 2 is 2.12 bits per heavy atom. The Morgan fingerprint density at radius 1 is 1.28 bits per heavy atom. The van der Waals surface area contributed by atoms with E-state index in [0.717, 1.165) is 11.0 Å². The Balaban J connectivity index is 1.57. The van der Waals surface area contributed by atoms with Gasteiger partial charge in [-0.15, -0.1) is 0 Å². The first kappa shape index (κ1) is 15.2. The summed E-state index contributed by atoms with van der Waals surface area (Å²) in [7, 11) is 1.56. The van der Waals surface area contributed by atoms with Gasteiger partial charge in [0.15, 0.2) is 0 Å². The van der Waals surface area contributed by atoms with Crippen molar-refractivity contribution in [3.63, 3.8) is 0 Å². The highest BCUT2D eigenvalue weighted by molar-refractivity contribution is 6.03. The molecule has 1 aliphatic heterocycles. The van der Waals surface area contributed by atoms with E-state index in [-0.39, 0.29) is 18.2 Å². The number of hydrogen-bond acceptors (Lipinski definition) is 4. The molecule has 0 saturated heterocycles. The van der Waals surface area contributed by atoms with Crippen LogP contribution < -0.4 is 15.4 Å². The van der Waals surface area contributed by atoms with Gasteiger partial charge in [0.2, 0.25) is 17.8 Å². The van der Waals surface area contributed by atoms with Crippen molar-refractivity contribution in [2.45, 2.75) is 12.5 Å². The molecule has 1 atom stereocenters. The quantitative estimate of drug-likeness (QED) is 0.767. The Hall–Kier alpha value is -3.35. The summed E-state index contributed by atoms with van der Waals surface area (Å²) in [5.41, 5.74) is 2.24. The minimum Gasteiger partial charge on any atom is -0.497 e. The number of aromatic nitrogens is 2. The highest BCUT2D eigenvalue weighted by atomic mass is 16.5. The molecule has 4 rings (SSSR count). The molecule has 7 heteroatoms. The van der Waals surface area contributed by atoms with Gasteiger partial charge in [-0.05, 0) is 24.3 Å². The Labute approximate surface area is 143 Å². The smallest absolute Gasteiger partial charge is 0.250 e. The van der Waals surface area contributed by atoms with Crippen LogP contribution in [0.25, 0.3) is 11.0 Å². The van der Waals surface area contributed by atoms with Crippen molar-refractivity contribution in [3.8, 4) is 5.75 Å². The fraction of sp³-hybridized carbons (Fsp3) is 0.167. The maximum absolute atomic E-state index is 12.4. The van der Waals surface area contributed by atoms with E-state index in [1.807, 2.05) is 24.3 Å². The lowest BCUT2D eigenvalue weighted by molar-refractivity contribution is -0.123. The Kier molecular flexibility index (Phi) is 3.61. The second-order valence-corrected chi connectivity index (χ2v) is 5.78. The van der Waals surface area contributed by atoms with Crippen molar-refractivity contribution in [2.75, 3.05) is 17.7 Å². The standard InChI is InChI=1S/C18H16N4O3/c1-25-12-6-4-5-11(9-12)19-16(23)10-15-17(24)21-18-20-13-7-2-3-8-14(13)22(15)18/h2-9,15H,10H2,1H3,(H,19,23)(H,20,21,24)/t15-/m1/s1. The molecule has 2 amide bonds. The van der Waals surface area contributed by atoms with Crippen molar-refractivity contribution < 1.29 is 14.3 Å². The van der Waals surface area contributed by atoms with Gasteiger partial charge in [0, 0.05) is 11.8 Å². The van der Waals surface area contributed by atoms with Crippen LogP contribution in [0.3, 0.4) is 0 Å². The summed E-state index contributed by atoms with van der Waals surface area (Å²) in [6.07, 6.45) is 0.0242. The summed E-state index contributed by atoms with van der Waals surface area (Å²) in [4.78, 5) is 29.1. The lowest BCUT2D eigenvalue weighted by Gasteiger charge is -2.12. The van der Waals surface area contributed by atoms with E-state index >= 15 is 0 Å². The number of methoxy groups -OCH3 is 1. The first-order valence-corrected chi connectivity index (χ1v) is 7.87. The fourth-order valence-electron chi connectivity index (χ4n) is 3.03. The maximum atomic E-state index is 12.4. The van der Waals surface area contributed by atoms with Crippen molar-refractivity contribution in [3.05, 3.63) is 48.5 Å². The molecule has 0 aliphatic carbocycles. The third kappa shape index (κ3) is 2.69. The monoisotopic (exact) mass is 336 g/mol. The van der Waals surface area contributed by atoms with Crippen LogP contribution in [0.15, 0.2) is 48.5 Å². The second kappa shape index (κ2) is 5.94. The predicted octanol–water partition coefficient (Wildman–Crippen LogP) is 2.57. The zero-order valence-electron chi connectivity index (χ0n) is 13.5. The van der Waals surface area contributed by atoms with Gasteiger partial charge in [-0.1, -0.05) is 18.2 Å². The van der Waals surface area contributed by atoms with Gasteiger partial charge < -0.3 is 10.1 Å².